The second-order valence-electron chi connectivity index (χ2n) is 8.55. The monoisotopic (exact) mass is 398 g/mol. The van der Waals surface area contributed by atoms with Gasteiger partial charge in [0.15, 0.2) is 0 Å². The number of carbonyl (C=O) groups is 1. The van der Waals surface area contributed by atoms with Crippen LogP contribution in [0.3, 0.4) is 0 Å². The first-order valence-electron chi connectivity index (χ1n) is 9.84. The molecule has 2 aromatic carbocycles. The number of hydrogen-bond donors (Lipinski definition) is 0. The van der Waals surface area contributed by atoms with Crippen molar-refractivity contribution < 1.29 is 9.53 Å². The number of halogens is 1. The molecule has 0 saturated carbocycles. The second-order valence-corrected chi connectivity index (χ2v) is 8.98. The Morgan fingerprint density at radius 2 is 1.71 bits per heavy atom. The fraction of sp³-hybridized carbons (Fsp3) is 0.435. The molecule has 4 nitrogen and oxygen atoms in total. The zero-order valence-corrected chi connectivity index (χ0v) is 17.5. The van der Waals surface area contributed by atoms with Crippen molar-refractivity contribution in [1.82, 2.24) is 9.80 Å². The Labute approximate surface area is 172 Å². The summed E-state index contributed by atoms with van der Waals surface area (Å²) < 4.78 is 6.27. The topological polar surface area (TPSA) is 32.8 Å². The Balaban J connectivity index is 1.92. The number of amides is 1. The van der Waals surface area contributed by atoms with Crippen LogP contribution < -0.4 is 4.74 Å². The minimum Gasteiger partial charge on any atom is -0.487 e. The standard InChI is InChI=1S/C23H27ClN2O2/c1-22(2)16-23(17-7-5-4-6-8-17,19-15-18(24)9-10-20(19)28-22)21(27)26-13-11-25(3)12-14-26/h4-10,15H,11-14,16H2,1-3H3. The van der Waals surface area contributed by atoms with Crippen LogP contribution in [0.5, 0.6) is 5.75 Å². The Hall–Kier alpha value is -2.04. The molecule has 0 N–H and O–H groups in total. The van der Waals surface area contributed by atoms with Crippen molar-refractivity contribution in [2.45, 2.75) is 31.3 Å². The van der Waals surface area contributed by atoms with Crippen LogP contribution in [0.4, 0.5) is 0 Å². The van der Waals surface area contributed by atoms with Gasteiger partial charge < -0.3 is 14.5 Å². The van der Waals surface area contributed by atoms with Gasteiger partial charge in [-0.05, 0) is 44.7 Å². The average molecular weight is 399 g/mol. The summed E-state index contributed by atoms with van der Waals surface area (Å²) in [7, 11) is 2.10. The summed E-state index contributed by atoms with van der Waals surface area (Å²) in [5.41, 5.74) is 0.589. The van der Waals surface area contributed by atoms with Crippen molar-refractivity contribution >= 4 is 17.5 Å². The summed E-state index contributed by atoms with van der Waals surface area (Å²) in [6, 6.07) is 15.7. The molecule has 1 atom stereocenters. The molecule has 0 radical (unpaired) electrons. The third-order valence-corrected chi connectivity index (χ3v) is 6.14. The maximum absolute atomic E-state index is 14.2. The molecule has 148 valence electrons. The number of benzene rings is 2. The Bertz CT molecular complexity index is 875. The first kappa shape index (κ1) is 19.3. The number of ether oxygens (including phenoxy) is 1. The number of piperazine rings is 1. The smallest absolute Gasteiger partial charge is 0.238 e. The van der Waals surface area contributed by atoms with Crippen molar-refractivity contribution in [3.8, 4) is 5.75 Å². The second kappa shape index (κ2) is 7.09. The molecule has 2 aliphatic rings. The molecule has 28 heavy (non-hydrogen) atoms. The lowest BCUT2D eigenvalue weighted by Gasteiger charge is -2.48. The summed E-state index contributed by atoms with van der Waals surface area (Å²) in [6.07, 6.45) is 0.572. The number of rotatable bonds is 2. The molecule has 2 aromatic rings. The Kier molecular flexibility index (Phi) is 4.88. The molecular formula is C23H27ClN2O2. The molecule has 1 fully saturated rings. The van der Waals surface area contributed by atoms with Gasteiger partial charge in [-0.25, -0.2) is 0 Å². The summed E-state index contributed by atoms with van der Waals surface area (Å²) >= 11 is 6.38. The predicted octanol–water partition coefficient (Wildman–Crippen LogP) is 3.96. The van der Waals surface area contributed by atoms with Gasteiger partial charge in [0.05, 0.1) is 0 Å². The van der Waals surface area contributed by atoms with E-state index in [1.54, 1.807) is 0 Å². The average Bonchev–Trinajstić information content (AvgIpc) is 2.68. The van der Waals surface area contributed by atoms with Crippen LogP contribution in [0.1, 0.15) is 31.4 Å². The van der Waals surface area contributed by atoms with Gasteiger partial charge in [-0.3, -0.25) is 4.79 Å². The molecule has 0 aliphatic carbocycles. The molecule has 2 aliphatic heterocycles. The Morgan fingerprint density at radius 1 is 1.04 bits per heavy atom. The first-order chi connectivity index (χ1) is 13.3. The van der Waals surface area contributed by atoms with Crippen molar-refractivity contribution in [2.75, 3.05) is 33.2 Å². The van der Waals surface area contributed by atoms with Crippen molar-refractivity contribution in [3.63, 3.8) is 0 Å². The van der Waals surface area contributed by atoms with E-state index in [0.717, 1.165) is 43.1 Å². The SMILES string of the molecule is CN1CCN(C(=O)C2(c3ccccc3)CC(C)(C)Oc3ccc(Cl)cc32)CC1. The predicted molar refractivity (Wildman–Crippen MR) is 112 cm³/mol. The van der Waals surface area contributed by atoms with Gasteiger partial charge in [0.1, 0.15) is 16.8 Å². The highest BCUT2D eigenvalue weighted by molar-refractivity contribution is 6.30. The van der Waals surface area contributed by atoms with Crippen molar-refractivity contribution in [2.24, 2.45) is 0 Å². The number of likely N-dealkylation sites (N-methyl/N-ethyl adjacent to an activating group) is 1. The lowest BCUT2D eigenvalue weighted by molar-refractivity contribution is -0.140. The van der Waals surface area contributed by atoms with Gasteiger partial charge in [0.2, 0.25) is 5.91 Å². The van der Waals surface area contributed by atoms with Crippen LogP contribution >= 0.6 is 11.6 Å². The fourth-order valence-corrected chi connectivity index (χ4v) is 4.74. The molecular weight excluding hydrogens is 372 g/mol. The molecule has 1 saturated heterocycles. The highest BCUT2D eigenvalue weighted by Gasteiger charge is 2.53. The van der Waals surface area contributed by atoms with E-state index in [1.807, 2.05) is 41.3 Å². The van der Waals surface area contributed by atoms with Gasteiger partial charge in [-0.1, -0.05) is 41.9 Å². The van der Waals surface area contributed by atoms with E-state index < -0.39 is 11.0 Å². The quantitative estimate of drug-likeness (QED) is 0.767. The summed E-state index contributed by atoms with van der Waals surface area (Å²) in [4.78, 5) is 18.4. The van der Waals surface area contributed by atoms with Crippen molar-refractivity contribution in [1.29, 1.82) is 0 Å². The summed E-state index contributed by atoms with van der Waals surface area (Å²) in [5, 5.41) is 0.619. The van der Waals surface area contributed by atoms with E-state index in [2.05, 4.69) is 37.9 Å². The molecule has 1 unspecified atom stereocenters. The van der Waals surface area contributed by atoms with Gasteiger partial charge in [0, 0.05) is 43.2 Å². The maximum atomic E-state index is 14.2. The normalized spacial score (nSPS) is 24.4. The molecule has 0 bridgehead atoms. The van der Waals surface area contributed by atoms with Crippen LogP contribution in [0.2, 0.25) is 5.02 Å². The van der Waals surface area contributed by atoms with Gasteiger partial charge in [-0.2, -0.15) is 0 Å². The van der Waals surface area contributed by atoms with E-state index in [9.17, 15) is 4.79 Å². The molecule has 5 heteroatoms. The van der Waals surface area contributed by atoms with Gasteiger partial charge >= 0.3 is 0 Å². The maximum Gasteiger partial charge on any atom is 0.238 e. The van der Waals surface area contributed by atoms with Crippen LogP contribution in [0.25, 0.3) is 0 Å². The zero-order valence-electron chi connectivity index (χ0n) is 16.7. The fourth-order valence-electron chi connectivity index (χ4n) is 4.57. The number of carbonyl (C=O) groups excluding carboxylic acids is 1. The highest BCUT2D eigenvalue weighted by atomic mass is 35.5. The van der Waals surface area contributed by atoms with Gasteiger partial charge in [0.25, 0.3) is 0 Å². The van der Waals surface area contributed by atoms with Crippen LogP contribution in [0.15, 0.2) is 48.5 Å². The molecule has 0 aromatic heterocycles. The van der Waals surface area contributed by atoms with Crippen LogP contribution in [-0.2, 0) is 10.2 Å². The largest absolute Gasteiger partial charge is 0.487 e. The lowest BCUT2D eigenvalue weighted by Crippen LogP contribution is -2.58. The minimum atomic E-state index is -0.806. The summed E-state index contributed by atoms with van der Waals surface area (Å²) in [5.74, 6) is 0.888. The number of fused-ring (bicyclic) bond motifs is 1. The number of nitrogens with zero attached hydrogens (tertiary/aromatic N) is 2. The van der Waals surface area contributed by atoms with Crippen LogP contribution in [0, 0.1) is 0 Å². The van der Waals surface area contributed by atoms with E-state index in [1.165, 1.54) is 0 Å². The minimum absolute atomic E-state index is 0.145. The van der Waals surface area contributed by atoms with Gasteiger partial charge in [-0.15, -0.1) is 0 Å². The van der Waals surface area contributed by atoms with Crippen molar-refractivity contribution in [3.05, 3.63) is 64.7 Å². The highest BCUT2D eigenvalue weighted by Crippen LogP contribution is 2.50. The molecule has 4 rings (SSSR count). The zero-order chi connectivity index (χ0) is 19.9. The van der Waals surface area contributed by atoms with Crippen LogP contribution in [-0.4, -0.2) is 54.5 Å². The van der Waals surface area contributed by atoms with E-state index in [4.69, 9.17) is 16.3 Å². The lowest BCUT2D eigenvalue weighted by atomic mass is 9.65. The van der Waals surface area contributed by atoms with E-state index >= 15 is 0 Å². The summed E-state index contributed by atoms with van der Waals surface area (Å²) in [6.45, 7) is 7.36. The molecule has 1 amide bonds. The molecule has 2 heterocycles. The van der Waals surface area contributed by atoms with E-state index in [0.29, 0.717) is 11.4 Å². The molecule has 0 spiro atoms. The number of hydrogen-bond acceptors (Lipinski definition) is 3. The van der Waals surface area contributed by atoms with E-state index in [-0.39, 0.29) is 5.91 Å². The Morgan fingerprint density at radius 3 is 2.39 bits per heavy atom. The third-order valence-electron chi connectivity index (χ3n) is 5.90. The first-order valence-corrected chi connectivity index (χ1v) is 10.2. The third kappa shape index (κ3) is 3.29.